The summed E-state index contributed by atoms with van der Waals surface area (Å²) in [6.07, 6.45) is 9.79. The molecule has 3 saturated carbocycles. The number of amides is 2. The van der Waals surface area contributed by atoms with Gasteiger partial charge in [-0.2, -0.15) is 0 Å². The molecule has 3 aliphatic carbocycles. The first-order chi connectivity index (χ1) is 17.7. The van der Waals surface area contributed by atoms with Gasteiger partial charge in [-0.3, -0.25) is 14.4 Å². The van der Waals surface area contributed by atoms with E-state index < -0.39 is 35.7 Å². The summed E-state index contributed by atoms with van der Waals surface area (Å²) in [4.78, 5) is 37.7. The third kappa shape index (κ3) is 4.67. The molecular weight excluding hydrogens is 472 g/mol. The molecule has 2 amide bonds. The van der Waals surface area contributed by atoms with Crippen LogP contribution in [0, 0.1) is 47.3 Å². The molecule has 0 aromatic carbocycles. The molecule has 2 bridgehead atoms. The number of hydrogen-bond donors (Lipinski definition) is 5. The predicted molar refractivity (Wildman–Crippen MR) is 137 cm³/mol. The van der Waals surface area contributed by atoms with E-state index in [9.17, 15) is 29.7 Å². The number of fused-ring (bicyclic) bond motifs is 7. The number of nitrogens with one attached hydrogen (secondary N) is 2. The van der Waals surface area contributed by atoms with Crippen LogP contribution in [0.25, 0.3) is 0 Å². The monoisotopic (exact) mass is 512 g/mol. The minimum atomic E-state index is -1.19. The molecule has 0 unspecified atom stereocenters. The van der Waals surface area contributed by atoms with Crippen LogP contribution in [0.4, 0.5) is 0 Å². The second-order valence-corrected chi connectivity index (χ2v) is 11.9. The first-order valence-electron chi connectivity index (χ1n) is 14.0. The van der Waals surface area contributed by atoms with Crippen LogP contribution in [0.5, 0.6) is 0 Å². The van der Waals surface area contributed by atoms with Crippen molar-refractivity contribution in [1.82, 2.24) is 10.6 Å². The highest BCUT2D eigenvalue weighted by Gasteiger charge is 2.58. The molecule has 4 fully saturated rings. The molecule has 202 valence electrons. The summed E-state index contributed by atoms with van der Waals surface area (Å²) in [6.45, 7) is 4.76. The lowest BCUT2D eigenvalue weighted by Gasteiger charge is -2.44. The van der Waals surface area contributed by atoms with Crippen LogP contribution >= 0.6 is 0 Å². The van der Waals surface area contributed by atoms with Gasteiger partial charge in [-0.1, -0.05) is 32.4 Å². The van der Waals surface area contributed by atoms with Crippen LogP contribution < -0.4 is 10.6 Å². The first kappa shape index (κ1) is 26.2. The maximum absolute atomic E-state index is 12.8. The van der Waals surface area contributed by atoms with Crippen molar-refractivity contribution in [1.29, 1.82) is 0 Å². The summed E-state index contributed by atoms with van der Waals surface area (Å²) < 4.78 is 0. The van der Waals surface area contributed by atoms with Crippen LogP contribution in [-0.4, -0.2) is 57.7 Å². The van der Waals surface area contributed by atoms with Gasteiger partial charge in [-0.25, -0.2) is 0 Å². The number of aliphatic hydroxyl groups excluding tert-OH is 3. The highest BCUT2D eigenvalue weighted by Crippen LogP contribution is 2.62. The first-order valence-corrected chi connectivity index (χ1v) is 14.0. The molecule has 11 atom stereocenters. The van der Waals surface area contributed by atoms with Gasteiger partial charge < -0.3 is 26.0 Å². The fourth-order valence-electron chi connectivity index (χ4n) is 8.51. The van der Waals surface area contributed by atoms with Gasteiger partial charge in [0.1, 0.15) is 17.4 Å². The largest absolute Gasteiger partial charge is 0.507 e. The average molecular weight is 513 g/mol. The zero-order chi connectivity index (χ0) is 26.4. The molecule has 8 heteroatoms. The Morgan fingerprint density at radius 3 is 2.54 bits per heavy atom. The van der Waals surface area contributed by atoms with Gasteiger partial charge in [-0.15, -0.1) is 0 Å². The molecule has 5 rings (SSSR count). The van der Waals surface area contributed by atoms with E-state index in [2.05, 4.69) is 24.5 Å². The maximum Gasteiger partial charge on any atom is 0.259 e. The van der Waals surface area contributed by atoms with Gasteiger partial charge in [0, 0.05) is 6.54 Å². The lowest BCUT2D eigenvalue weighted by atomic mass is 9.62. The summed E-state index contributed by atoms with van der Waals surface area (Å²) in [5, 5.41) is 37.7. The molecule has 2 heterocycles. The van der Waals surface area contributed by atoms with E-state index in [0.717, 1.165) is 6.42 Å². The highest BCUT2D eigenvalue weighted by atomic mass is 16.3. The molecule has 5 N–H and O–H groups in total. The van der Waals surface area contributed by atoms with E-state index in [-0.39, 0.29) is 42.2 Å². The predicted octanol–water partition coefficient (Wildman–Crippen LogP) is 2.18. The third-order valence-corrected chi connectivity index (χ3v) is 10.2. The fourth-order valence-corrected chi connectivity index (χ4v) is 8.51. The van der Waals surface area contributed by atoms with Crippen molar-refractivity contribution < 1.29 is 29.7 Å². The quantitative estimate of drug-likeness (QED) is 0.342. The zero-order valence-corrected chi connectivity index (χ0v) is 21.7. The minimum Gasteiger partial charge on any atom is -0.507 e. The number of ketones is 1. The van der Waals surface area contributed by atoms with Crippen LogP contribution in [0.1, 0.15) is 52.4 Å². The Kier molecular flexibility index (Phi) is 7.33. The van der Waals surface area contributed by atoms with Crippen LogP contribution in [0.3, 0.4) is 0 Å². The summed E-state index contributed by atoms with van der Waals surface area (Å²) in [5.74, 6) is 1.03. The molecule has 37 heavy (non-hydrogen) atoms. The molecule has 0 aromatic rings. The number of rotatable bonds is 1. The topological polar surface area (TPSA) is 136 Å². The van der Waals surface area contributed by atoms with Crippen molar-refractivity contribution in [3.05, 3.63) is 35.6 Å². The highest BCUT2D eigenvalue weighted by molar-refractivity contribution is 6.27. The van der Waals surface area contributed by atoms with Crippen molar-refractivity contribution in [2.45, 2.75) is 70.6 Å². The standard InChI is InChI=1S/C29H40N2O6/c1-3-15-11-17-12-19-18-5-4-6-23(35)30-10-9-21(33)27-28(36)26(29(37)31-27)20(32)8-7-16(18)13-22(34)25(19)24(17)14(15)2/h4,6-8,14-19,21-22,24-25,27,32-34H,3,5,9-13H2,1-2H3,(H,30,35)(H,31,37)/b6-4+,8-7-,26-20?/t14-,15+,16-,17-,18+,19+,21+,22-,24-,25+,27-/m1/s1. The van der Waals surface area contributed by atoms with E-state index in [0.29, 0.717) is 42.4 Å². The number of carbonyl (C=O) groups excluding carboxylic acids is 3. The van der Waals surface area contributed by atoms with E-state index >= 15 is 0 Å². The Balaban J connectivity index is 1.47. The molecular formula is C29H40N2O6. The van der Waals surface area contributed by atoms with Gasteiger partial charge in [0.2, 0.25) is 5.91 Å². The Hall–Kier alpha value is -2.45. The summed E-state index contributed by atoms with van der Waals surface area (Å²) in [7, 11) is 0. The molecule has 0 aromatic heterocycles. The van der Waals surface area contributed by atoms with E-state index in [1.54, 1.807) is 0 Å². The van der Waals surface area contributed by atoms with Crippen LogP contribution in [0.15, 0.2) is 35.6 Å². The van der Waals surface area contributed by atoms with Crippen molar-refractivity contribution in [2.24, 2.45) is 47.3 Å². The third-order valence-electron chi connectivity index (χ3n) is 10.2. The zero-order valence-electron chi connectivity index (χ0n) is 21.7. The number of aliphatic hydroxyl groups is 3. The van der Waals surface area contributed by atoms with Crippen LogP contribution in [0.2, 0.25) is 0 Å². The normalized spacial score (nSPS) is 46.1. The Morgan fingerprint density at radius 2 is 1.78 bits per heavy atom. The van der Waals surface area contributed by atoms with Crippen molar-refractivity contribution in [3.8, 4) is 0 Å². The van der Waals surface area contributed by atoms with Gasteiger partial charge in [0.05, 0.1) is 12.2 Å². The number of hydrogen-bond acceptors (Lipinski definition) is 6. The second-order valence-electron chi connectivity index (χ2n) is 11.9. The molecule has 2 aliphatic heterocycles. The molecule has 0 spiro atoms. The Labute approximate surface area is 218 Å². The maximum atomic E-state index is 12.8. The van der Waals surface area contributed by atoms with Gasteiger partial charge >= 0.3 is 0 Å². The Bertz CT molecular complexity index is 1030. The number of allylic oxidation sites excluding steroid dienone is 3. The van der Waals surface area contributed by atoms with Crippen molar-refractivity contribution in [2.75, 3.05) is 6.54 Å². The smallest absolute Gasteiger partial charge is 0.259 e. The fraction of sp³-hybridized carbons (Fsp3) is 0.690. The van der Waals surface area contributed by atoms with Gasteiger partial charge in [0.15, 0.2) is 5.78 Å². The lowest BCUT2D eigenvalue weighted by molar-refractivity contribution is -0.118. The second kappa shape index (κ2) is 10.4. The molecule has 0 radical (unpaired) electrons. The SMILES string of the molecule is CC[C@H]1C[C@@H]2C[C@H]3[C@H]4C/C=C/C(=O)NCC[C@H](O)[C@H]5NC(=O)C(=C(O)/C=C\[C@@H]4C[C@@H](O)[C@H]3[C@@H]2[C@@H]1C)C5=O. The summed E-state index contributed by atoms with van der Waals surface area (Å²) in [5.41, 5.74) is -0.350. The van der Waals surface area contributed by atoms with Gasteiger partial charge in [-0.05, 0) is 91.6 Å². The van der Waals surface area contributed by atoms with E-state index in [1.165, 1.54) is 25.0 Å². The average Bonchev–Trinajstić information content (AvgIpc) is 3.48. The Morgan fingerprint density at radius 1 is 1.00 bits per heavy atom. The number of Topliss-reactive ketones (excluding diaryl/α,β-unsaturated/α-hetero) is 1. The molecule has 5 aliphatic rings. The van der Waals surface area contributed by atoms with Crippen LogP contribution in [-0.2, 0) is 14.4 Å². The molecule has 8 nitrogen and oxygen atoms in total. The summed E-state index contributed by atoms with van der Waals surface area (Å²) in [6, 6.07) is -1.16. The van der Waals surface area contributed by atoms with E-state index in [4.69, 9.17) is 0 Å². The van der Waals surface area contributed by atoms with Crippen molar-refractivity contribution >= 4 is 17.6 Å². The number of carbonyl (C=O) groups is 3. The van der Waals surface area contributed by atoms with Crippen molar-refractivity contribution in [3.63, 3.8) is 0 Å². The summed E-state index contributed by atoms with van der Waals surface area (Å²) >= 11 is 0. The van der Waals surface area contributed by atoms with E-state index in [1.807, 2.05) is 12.2 Å². The molecule has 1 saturated heterocycles. The minimum absolute atomic E-state index is 0.0725. The lowest BCUT2D eigenvalue weighted by Crippen LogP contribution is -2.43. The van der Waals surface area contributed by atoms with Gasteiger partial charge in [0.25, 0.3) is 5.91 Å².